The molecule has 2 amide bonds. The molecule has 1 fully saturated rings. The largest absolute Gasteiger partial charge is 0.454 e. The molecule has 38 heavy (non-hydrogen) atoms. The number of thiocarbonyl (C=S) groups is 1. The number of nitrogens with zero attached hydrogens (tertiary/aromatic N) is 2. The minimum Gasteiger partial charge on any atom is -0.454 e. The number of nitrogens with one attached hydrogen (secondary N) is 2. The van der Waals surface area contributed by atoms with Gasteiger partial charge in [0.05, 0.1) is 11.4 Å². The minimum atomic E-state index is -0.375. The lowest BCUT2D eigenvalue weighted by Crippen LogP contribution is -2.48. The number of benzene rings is 3. The first-order valence-electron chi connectivity index (χ1n) is 12.0. The number of halogens is 1. The average molecular weight is 549 g/mol. The predicted octanol–water partition coefficient (Wildman–Crippen LogP) is 4.56. The minimum absolute atomic E-state index is 0.0182. The second-order valence-corrected chi connectivity index (χ2v) is 9.54. The van der Waals surface area contributed by atoms with Crippen molar-refractivity contribution in [3.05, 3.63) is 89.0 Å². The van der Waals surface area contributed by atoms with E-state index in [0.717, 1.165) is 11.3 Å². The summed E-state index contributed by atoms with van der Waals surface area (Å²) < 4.78 is 10.6. The summed E-state index contributed by atoms with van der Waals surface area (Å²) in [7, 11) is 0. The van der Waals surface area contributed by atoms with Gasteiger partial charge in [0, 0.05) is 42.8 Å². The molecule has 0 aromatic heterocycles. The van der Waals surface area contributed by atoms with Crippen LogP contribution in [0, 0.1) is 0 Å². The fourth-order valence-corrected chi connectivity index (χ4v) is 4.63. The van der Waals surface area contributed by atoms with Crippen LogP contribution < -0.4 is 25.0 Å². The van der Waals surface area contributed by atoms with Gasteiger partial charge in [-0.25, -0.2) is 0 Å². The van der Waals surface area contributed by atoms with Crippen LogP contribution in [0.4, 0.5) is 11.4 Å². The van der Waals surface area contributed by atoms with Gasteiger partial charge in [-0.2, -0.15) is 0 Å². The molecule has 0 saturated carbocycles. The van der Waals surface area contributed by atoms with Gasteiger partial charge in [-0.05, 0) is 60.3 Å². The van der Waals surface area contributed by atoms with Gasteiger partial charge < -0.3 is 24.6 Å². The predicted molar refractivity (Wildman–Crippen MR) is 152 cm³/mol. The summed E-state index contributed by atoms with van der Waals surface area (Å²) in [5.74, 6) is 0.720. The van der Waals surface area contributed by atoms with Gasteiger partial charge >= 0.3 is 0 Å². The molecule has 0 unspecified atom stereocenters. The summed E-state index contributed by atoms with van der Waals surface area (Å²) in [5.41, 5.74) is 2.92. The lowest BCUT2D eigenvalue weighted by molar-refractivity contribution is -0.126. The third-order valence-corrected chi connectivity index (χ3v) is 6.66. The van der Waals surface area contributed by atoms with E-state index in [1.54, 1.807) is 36.4 Å². The van der Waals surface area contributed by atoms with E-state index in [4.69, 9.17) is 33.3 Å². The maximum atomic E-state index is 12.7. The van der Waals surface area contributed by atoms with Crippen LogP contribution in [-0.4, -0.2) is 54.8 Å². The van der Waals surface area contributed by atoms with E-state index < -0.39 is 0 Å². The highest BCUT2D eigenvalue weighted by molar-refractivity contribution is 7.80. The molecule has 3 aromatic carbocycles. The highest BCUT2D eigenvalue weighted by atomic mass is 35.5. The van der Waals surface area contributed by atoms with E-state index in [0.29, 0.717) is 54.0 Å². The number of fused-ring (bicyclic) bond motifs is 1. The van der Waals surface area contributed by atoms with Crippen LogP contribution >= 0.6 is 23.8 Å². The van der Waals surface area contributed by atoms with Crippen LogP contribution in [0.3, 0.4) is 0 Å². The Kier molecular flexibility index (Phi) is 7.76. The van der Waals surface area contributed by atoms with Crippen molar-refractivity contribution in [2.75, 3.05) is 43.2 Å². The number of hydrogen-bond acceptors (Lipinski definition) is 6. The van der Waals surface area contributed by atoms with Crippen LogP contribution in [0.5, 0.6) is 11.5 Å². The van der Waals surface area contributed by atoms with Crippen LogP contribution in [-0.2, 0) is 4.79 Å². The SMILES string of the molecule is O=C(NC(=S)Nc1cc(Cl)ccc1N1CCN(C(=O)/C=C/c2ccccc2)CC1)c1ccc2c(c1)OCO2. The number of hydrogen-bond donors (Lipinski definition) is 2. The lowest BCUT2D eigenvalue weighted by atomic mass is 10.2. The third kappa shape index (κ3) is 6.07. The molecule has 2 aliphatic heterocycles. The number of anilines is 2. The summed E-state index contributed by atoms with van der Waals surface area (Å²) in [5, 5.41) is 6.46. The Morgan fingerprint density at radius 1 is 0.921 bits per heavy atom. The summed E-state index contributed by atoms with van der Waals surface area (Å²) >= 11 is 11.7. The molecule has 10 heteroatoms. The maximum absolute atomic E-state index is 12.7. The van der Waals surface area contributed by atoms with Crippen molar-refractivity contribution in [3.8, 4) is 11.5 Å². The normalized spacial score (nSPS) is 14.4. The Morgan fingerprint density at radius 2 is 1.68 bits per heavy atom. The molecular formula is C28H25ClN4O4S. The number of amides is 2. The van der Waals surface area contributed by atoms with Crippen molar-refractivity contribution >= 4 is 58.2 Å². The van der Waals surface area contributed by atoms with Crippen LogP contribution in [0.15, 0.2) is 72.8 Å². The standard InChI is InChI=1S/C28H25ClN4O4S/c29-21-8-9-23(32-12-14-33(15-13-32)26(34)11-6-19-4-2-1-3-5-19)22(17-21)30-28(38)31-27(35)20-7-10-24-25(16-20)37-18-36-24/h1-11,16-17H,12-15,18H2,(H2,30,31,35,38)/b11-6+. The van der Waals surface area contributed by atoms with E-state index in [9.17, 15) is 9.59 Å². The number of ether oxygens (including phenoxy) is 2. The van der Waals surface area contributed by atoms with Gasteiger partial charge in [-0.15, -0.1) is 0 Å². The Bertz CT molecular complexity index is 1390. The zero-order valence-electron chi connectivity index (χ0n) is 20.4. The van der Waals surface area contributed by atoms with E-state index in [1.165, 1.54) is 0 Å². The molecule has 0 spiro atoms. The van der Waals surface area contributed by atoms with Gasteiger partial charge in [-0.3, -0.25) is 14.9 Å². The monoisotopic (exact) mass is 548 g/mol. The quantitative estimate of drug-likeness (QED) is 0.357. The first-order valence-corrected chi connectivity index (χ1v) is 12.8. The van der Waals surface area contributed by atoms with Gasteiger partial charge in [-0.1, -0.05) is 41.9 Å². The fourth-order valence-electron chi connectivity index (χ4n) is 4.26. The van der Waals surface area contributed by atoms with E-state index in [-0.39, 0.29) is 23.7 Å². The molecule has 2 aliphatic rings. The smallest absolute Gasteiger partial charge is 0.257 e. The lowest BCUT2D eigenvalue weighted by Gasteiger charge is -2.36. The first-order chi connectivity index (χ1) is 18.5. The van der Waals surface area contributed by atoms with Crippen molar-refractivity contribution in [2.45, 2.75) is 0 Å². The van der Waals surface area contributed by atoms with Crippen LogP contribution in [0.25, 0.3) is 6.08 Å². The molecule has 8 nitrogen and oxygen atoms in total. The number of piperazine rings is 1. The van der Waals surface area contributed by atoms with Crippen LogP contribution in [0.1, 0.15) is 15.9 Å². The Labute approximate surface area is 230 Å². The Balaban J connectivity index is 1.20. The van der Waals surface area contributed by atoms with Crippen LogP contribution in [0.2, 0.25) is 5.02 Å². The Hall–Kier alpha value is -4.08. The molecular weight excluding hydrogens is 524 g/mol. The third-order valence-electron chi connectivity index (χ3n) is 6.22. The summed E-state index contributed by atoms with van der Waals surface area (Å²) in [6.07, 6.45) is 3.44. The van der Waals surface area contributed by atoms with Gasteiger partial charge in [0.2, 0.25) is 12.7 Å². The molecule has 0 aliphatic carbocycles. The van der Waals surface area contributed by atoms with Crippen molar-refractivity contribution in [1.82, 2.24) is 10.2 Å². The fraction of sp³-hybridized carbons (Fsp3) is 0.179. The van der Waals surface area contributed by atoms with Gasteiger partial charge in [0.25, 0.3) is 5.91 Å². The maximum Gasteiger partial charge on any atom is 0.257 e. The van der Waals surface area contributed by atoms with Crippen molar-refractivity contribution in [2.24, 2.45) is 0 Å². The summed E-state index contributed by atoms with van der Waals surface area (Å²) in [6.45, 7) is 2.55. The van der Waals surface area contributed by atoms with Crippen molar-refractivity contribution in [1.29, 1.82) is 0 Å². The molecule has 2 N–H and O–H groups in total. The Morgan fingerprint density at radius 3 is 2.47 bits per heavy atom. The van der Waals surface area contributed by atoms with Gasteiger partial charge in [0.15, 0.2) is 16.6 Å². The molecule has 3 aromatic rings. The molecule has 0 bridgehead atoms. The number of carbonyl (C=O) groups is 2. The molecule has 1 saturated heterocycles. The molecule has 194 valence electrons. The topological polar surface area (TPSA) is 83.1 Å². The van der Waals surface area contributed by atoms with Gasteiger partial charge in [0.1, 0.15) is 0 Å². The molecule has 2 heterocycles. The zero-order valence-corrected chi connectivity index (χ0v) is 21.9. The van der Waals surface area contributed by atoms with E-state index >= 15 is 0 Å². The first kappa shape index (κ1) is 25.6. The number of carbonyl (C=O) groups excluding carboxylic acids is 2. The highest BCUT2D eigenvalue weighted by Crippen LogP contribution is 2.33. The summed E-state index contributed by atoms with van der Waals surface area (Å²) in [6, 6.07) is 20.1. The van der Waals surface area contributed by atoms with Crippen molar-refractivity contribution in [3.63, 3.8) is 0 Å². The molecule has 0 radical (unpaired) electrons. The number of rotatable bonds is 5. The second-order valence-electron chi connectivity index (χ2n) is 8.69. The van der Waals surface area contributed by atoms with Crippen molar-refractivity contribution < 1.29 is 19.1 Å². The average Bonchev–Trinajstić information content (AvgIpc) is 3.40. The molecule has 5 rings (SSSR count). The zero-order chi connectivity index (χ0) is 26.5. The molecule has 0 atom stereocenters. The highest BCUT2D eigenvalue weighted by Gasteiger charge is 2.22. The van der Waals surface area contributed by atoms with E-state index in [1.807, 2.05) is 47.4 Å². The summed E-state index contributed by atoms with van der Waals surface area (Å²) in [4.78, 5) is 29.4. The second kappa shape index (κ2) is 11.5. The van der Waals surface area contributed by atoms with E-state index in [2.05, 4.69) is 15.5 Å².